The van der Waals surface area contributed by atoms with Gasteiger partial charge in [-0.15, -0.1) is 0 Å². The third-order valence-electron chi connectivity index (χ3n) is 6.55. The smallest absolute Gasteiger partial charge is 0.241 e. The number of carbonyl (C=O) groups is 1. The highest BCUT2D eigenvalue weighted by atomic mass is 35.5. The summed E-state index contributed by atoms with van der Waals surface area (Å²) in [7, 11) is -3.80. The Hall–Kier alpha value is -1.15. The average molecular weight is 441 g/mol. The molecule has 4 saturated carbocycles. The molecule has 6 nitrogen and oxygen atoms in total. The molecule has 0 spiro atoms. The Labute approximate surface area is 177 Å². The molecule has 1 aromatic carbocycles. The van der Waals surface area contributed by atoms with Crippen LogP contribution in [-0.2, 0) is 14.8 Å². The van der Waals surface area contributed by atoms with E-state index in [9.17, 15) is 18.3 Å². The van der Waals surface area contributed by atoms with Crippen LogP contribution in [0.15, 0.2) is 29.2 Å². The number of amides is 1. The summed E-state index contributed by atoms with van der Waals surface area (Å²) in [5, 5.41) is 14.4. The van der Waals surface area contributed by atoms with Crippen molar-refractivity contribution in [2.75, 3.05) is 0 Å². The van der Waals surface area contributed by atoms with Gasteiger partial charge in [0.25, 0.3) is 0 Å². The number of halogens is 1. The number of nitrogens with one attached hydrogen (secondary N) is 2. The summed E-state index contributed by atoms with van der Waals surface area (Å²) < 4.78 is 28.0. The van der Waals surface area contributed by atoms with Crippen molar-refractivity contribution in [3.63, 3.8) is 0 Å². The van der Waals surface area contributed by atoms with Gasteiger partial charge in [-0.2, -0.15) is 0 Å². The maximum absolute atomic E-state index is 12.9. The standard InChI is InChI=1S/C21H29ClN2O4S/c1-19(2,24-29(27,28)17-5-3-4-16(22)7-17)12-18(25)23-20-8-14-6-15(9-20)11-21(26,10-14)13-20/h3-5,7,14-15,24,26H,6,8-13H2,1-2H3,(H,23,25). The molecule has 0 saturated heterocycles. The zero-order valence-corrected chi connectivity index (χ0v) is 18.4. The second-order valence-electron chi connectivity index (χ2n) is 10.1. The molecule has 4 fully saturated rings. The van der Waals surface area contributed by atoms with Gasteiger partial charge in [0.05, 0.1) is 10.5 Å². The maximum Gasteiger partial charge on any atom is 0.241 e. The summed E-state index contributed by atoms with van der Waals surface area (Å²) in [4.78, 5) is 12.9. The van der Waals surface area contributed by atoms with Crippen molar-refractivity contribution in [1.82, 2.24) is 10.0 Å². The molecule has 0 heterocycles. The highest BCUT2D eigenvalue weighted by Crippen LogP contribution is 2.57. The van der Waals surface area contributed by atoms with Crippen LogP contribution < -0.4 is 10.0 Å². The van der Waals surface area contributed by atoms with Crippen LogP contribution in [0.2, 0.25) is 5.02 Å². The first-order valence-electron chi connectivity index (χ1n) is 10.2. The lowest BCUT2D eigenvalue weighted by atomic mass is 9.51. The van der Waals surface area contributed by atoms with E-state index in [2.05, 4.69) is 10.0 Å². The maximum atomic E-state index is 12.9. The van der Waals surface area contributed by atoms with E-state index in [1.165, 1.54) is 12.1 Å². The minimum Gasteiger partial charge on any atom is -0.390 e. The lowest BCUT2D eigenvalue weighted by molar-refractivity contribution is -0.151. The Kier molecular flexibility index (Phi) is 5.05. The molecular formula is C21H29ClN2O4S. The molecule has 3 N–H and O–H groups in total. The molecule has 2 unspecified atom stereocenters. The van der Waals surface area contributed by atoms with E-state index < -0.39 is 21.2 Å². The first kappa shape index (κ1) is 21.1. The average Bonchev–Trinajstić information content (AvgIpc) is 2.49. The quantitative estimate of drug-likeness (QED) is 0.633. The van der Waals surface area contributed by atoms with Gasteiger partial charge >= 0.3 is 0 Å². The van der Waals surface area contributed by atoms with Crippen LogP contribution in [0.5, 0.6) is 0 Å². The van der Waals surface area contributed by atoms with Gasteiger partial charge in [0.1, 0.15) is 0 Å². The third-order valence-corrected chi connectivity index (χ3v) is 8.49. The van der Waals surface area contributed by atoms with Gasteiger partial charge < -0.3 is 10.4 Å². The summed E-state index contributed by atoms with van der Waals surface area (Å²) in [6, 6.07) is 6.05. The Morgan fingerprint density at radius 3 is 2.48 bits per heavy atom. The van der Waals surface area contributed by atoms with Gasteiger partial charge in [0.15, 0.2) is 0 Å². The zero-order chi connectivity index (χ0) is 21.1. The molecule has 1 aromatic rings. The van der Waals surface area contributed by atoms with E-state index in [4.69, 9.17) is 11.6 Å². The highest BCUT2D eigenvalue weighted by molar-refractivity contribution is 7.89. The number of benzene rings is 1. The van der Waals surface area contributed by atoms with Crippen LogP contribution in [-0.4, -0.2) is 36.1 Å². The summed E-state index contributed by atoms with van der Waals surface area (Å²) in [5.41, 5.74) is -1.97. The number of hydrogen-bond donors (Lipinski definition) is 3. The molecular weight excluding hydrogens is 412 g/mol. The molecule has 4 aliphatic rings. The van der Waals surface area contributed by atoms with Crippen molar-refractivity contribution >= 4 is 27.5 Å². The van der Waals surface area contributed by atoms with E-state index in [0.717, 1.165) is 32.1 Å². The fourth-order valence-corrected chi connectivity index (χ4v) is 7.91. The Balaban J connectivity index is 1.43. The first-order chi connectivity index (χ1) is 13.4. The Morgan fingerprint density at radius 1 is 1.24 bits per heavy atom. The van der Waals surface area contributed by atoms with Crippen LogP contribution >= 0.6 is 11.6 Å². The predicted molar refractivity (Wildman–Crippen MR) is 111 cm³/mol. The van der Waals surface area contributed by atoms with Crippen LogP contribution in [0.1, 0.15) is 58.8 Å². The summed E-state index contributed by atoms with van der Waals surface area (Å²) >= 11 is 5.91. The number of sulfonamides is 1. The van der Waals surface area contributed by atoms with Gasteiger partial charge in [0, 0.05) is 22.5 Å². The molecule has 0 aliphatic heterocycles. The second kappa shape index (κ2) is 6.94. The Morgan fingerprint density at radius 2 is 1.90 bits per heavy atom. The fourth-order valence-electron chi connectivity index (χ4n) is 6.19. The van der Waals surface area contributed by atoms with Gasteiger partial charge in [-0.05, 0) is 82.4 Å². The van der Waals surface area contributed by atoms with E-state index in [-0.39, 0.29) is 22.8 Å². The molecule has 5 rings (SSSR count). The topological polar surface area (TPSA) is 95.5 Å². The molecule has 1 amide bonds. The molecule has 4 bridgehead atoms. The van der Waals surface area contributed by atoms with Gasteiger partial charge in [0.2, 0.25) is 15.9 Å². The van der Waals surface area contributed by atoms with Crippen molar-refractivity contribution in [2.45, 2.75) is 80.4 Å². The van der Waals surface area contributed by atoms with Gasteiger partial charge in [-0.3, -0.25) is 4.79 Å². The van der Waals surface area contributed by atoms with E-state index in [0.29, 0.717) is 23.3 Å². The van der Waals surface area contributed by atoms with E-state index in [1.54, 1.807) is 26.0 Å². The highest BCUT2D eigenvalue weighted by Gasteiger charge is 2.57. The van der Waals surface area contributed by atoms with Crippen molar-refractivity contribution in [2.24, 2.45) is 11.8 Å². The molecule has 160 valence electrons. The van der Waals surface area contributed by atoms with Gasteiger partial charge in [-0.25, -0.2) is 13.1 Å². The summed E-state index contributed by atoms with van der Waals surface area (Å²) in [5.74, 6) is 0.751. The monoisotopic (exact) mass is 440 g/mol. The number of hydrogen-bond acceptors (Lipinski definition) is 4. The minimum absolute atomic E-state index is 0.0162. The fraction of sp³-hybridized carbons (Fsp3) is 0.667. The lowest BCUT2D eigenvalue weighted by Crippen LogP contribution is -2.66. The number of aliphatic hydroxyl groups is 1. The van der Waals surface area contributed by atoms with Crippen LogP contribution in [0.25, 0.3) is 0 Å². The van der Waals surface area contributed by atoms with Crippen molar-refractivity contribution in [3.8, 4) is 0 Å². The van der Waals surface area contributed by atoms with Crippen LogP contribution in [0, 0.1) is 11.8 Å². The molecule has 0 aromatic heterocycles. The summed E-state index contributed by atoms with van der Waals surface area (Å²) in [6.07, 6.45) is 5.26. The summed E-state index contributed by atoms with van der Waals surface area (Å²) in [6.45, 7) is 3.39. The first-order valence-corrected chi connectivity index (χ1v) is 12.1. The van der Waals surface area contributed by atoms with Gasteiger partial charge in [-0.1, -0.05) is 17.7 Å². The normalized spacial score (nSPS) is 33.7. The van der Waals surface area contributed by atoms with Crippen molar-refractivity contribution in [1.29, 1.82) is 0 Å². The Bertz CT molecular complexity index is 916. The van der Waals surface area contributed by atoms with Crippen LogP contribution in [0.3, 0.4) is 0 Å². The number of carbonyl (C=O) groups excluding carboxylic acids is 1. The minimum atomic E-state index is -3.80. The van der Waals surface area contributed by atoms with Crippen molar-refractivity contribution in [3.05, 3.63) is 29.3 Å². The SMILES string of the molecule is CC(C)(CC(=O)NC12CC3CC(CC(O)(C3)C1)C2)NS(=O)(=O)c1cccc(Cl)c1. The largest absolute Gasteiger partial charge is 0.390 e. The second-order valence-corrected chi connectivity index (χ2v) is 12.3. The van der Waals surface area contributed by atoms with Crippen molar-refractivity contribution < 1.29 is 18.3 Å². The molecule has 29 heavy (non-hydrogen) atoms. The predicted octanol–water partition coefficient (Wildman–Crippen LogP) is 2.99. The lowest BCUT2D eigenvalue weighted by Gasteiger charge is -2.60. The molecule has 0 radical (unpaired) electrons. The van der Waals surface area contributed by atoms with E-state index in [1.807, 2.05) is 0 Å². The molecule has 2 atom stereocenters. The third kappa shape index (κ3) is 4.48. The van der Waals surface area contributed by atoms with E-state index >= 15 is 0 Å². The van der Waals surface area contributed by atoms with Crippen LogP contribution in [0.4, 0.5) is 0 Å². The zero-order valence-electron chi connectivity index (χ0n) is 16.9. The molecule has 4 aliphatic carbocycles. The number of rotatable bonds is 6. The molecule has 8 heteroatoms.